The van der Waals surface area contributed by atoms with Crippen LogP contribution < -0.4 is 0 Å². The highest BCUT2D eigenvalue weighted by Gasteiger charge is 2.38. The van der Waals surface area contributed by atoms with Crippen molar-refractivity contribution in [2.24, 2.45) is 5.41 Å². The van der Waals surface area contributed by atoms with E-state index in [1.54, 1.807) is 11.0 Å². The summed E-state index contributed by atoms with van der Waals surface area (Å²) in [6.07, 6.45) is 0.686. The van der Waals surface area contributed by atoms with Crippen LogP contribution in [0.15, 0.2) is 43.0 Å². The van der Waals surface area contributed by atoms with Crippen LogP contribution in [0.25, 0.3) is 6.08 Å². The Kier molecular flexibility index (Phi) is 3.94. The Bertz CT molecular complexity index is 566. The van der Waals surface area contributed by atoms with E-state index in [0.29, 0.717) is 18.7 Å². The summed E-state index contributed by atoms with van der Waals surface area (Å²) in [6, 6.07) is 5.01. The maximum absolute atomic E-state index is 12.4. The molecule has 1 aromatic rings. The molecule has 0 spiro atoms. The predicted octanol–water partition coefficient (Wildman–Crippen LogP) is 3.75. The van der Waals surface area contributed by atoms with Crippen molar-refractivity contribution in [2.75, 3.05) is 13.1 Å². The Morgan fingerprint density at radius 1 is 1.29 bits per heavy atom. The zero-order valence-electron chi connectivity index (χ0n) is 11.7. The van der Waals surface area contributed by atoms with Crippen LogP contribution in [-0.4, -0.2) is 23.9 Å². The van der Waals surface area contributed by atoms with E-state index >= 15 is 0 Å². The van der Waals surface area contributed by atoms with Crippen LogP contribution in [-0.2, 0) is 11.0 Å². The average molecular weight is 295 g/mol. The molecule has 1 amide bonds. The first-order valence-corrected chi connectivity index (χ1v) is 6.51. The summed E-state index contributed by atoms with van der Waals surface area (Å²) in [6.45, 7) is 6.62. The third-order valence-corrected chi connectivity index (χ3v) is 3.51. The molecule has 1 aliphatic rings. The lowest BCUT2D eigenvalue weighted by molar-refractivity contribution is -0.137. The number of halogens is 3. The molecule has 2 nitrogen and oxygen atoms in total. The number of carbonyl (C=O) groups excluding carboxylic acids is 1. The van der Waals surface area contributed by atoms with Gasteiger partial charge >= 0.3 is 6.18 Å². The highest BCUT2D eigenvalue weighted by atomic mass is 19.4. The van der Waals surface area contributed by atoms with Gasteiger partial charge in [-0.1, -0.05) is 37.8 Å². The topological polar surface area (TPSA) is 20.3 Å². The number of carbonyl (C=O) groups is 1. The van der Waals surface area contributed by atoms with Crippen LogP contribution in [0.1, 0.15) is 18.1 Å². The third-order valence-electron chi connectivity index (χ3n) is 3.51. The van der Waals surface area contributed by atoms with Crippen molar-refractivity contribution in [1.29, 1.82) is 0 Å². The first-order valence-electron chi connectivity index (χ1n) is 6.51. The van der Waals surface area contributed by atoms with E-state index in [0.717, 1.165) is 12.1 Å². The molecule has 21 heavy (non-hydrogen) atoms. The number of alkyl halides is 3. The van der Waals surface area contributed by atoms with Crippen molar-refractivity contribution in [3.8, 4) is 0 Å². The third kappa shape index (κ3) is 3.54. The second-order valence-electron chi connectivity index (χ2n) is 5.51. The van der Waals surface area contributed by atoms with Gasteiger partial charge in [-0.05, 0) is 23.8 Å². The van der Waals surface area contributed by atoms with Gasteiger partial charge in [-0.2, -0.15) is 13.2 Å². The number of hydrogen-bond donors (Lipinski definition) is 0. The minimum atomic E-state index is -4.31. The molecule has 112 valence electrons. The smallest absolute Gasteiger partial charge is 0.337 e. The van der Waals surface area contributed by atoms with E-state index in [9.17, 15) is 18.0 Å². The summed E-state index contributed by atoms with van der Waals surface area (Å²) < 4.78 is 37.3. The van der Waals surface area contributed by atoms with Gasteiger partial charge in [0, 0.05) is 18.5 Å². The lowest BCUT2D eigenvalue weighted by atomic mass is 9.81. The van der Waals surface area contributed by atoms with Gasteiger partial charge in [0.25, 0.3) is 0 Å². The Morgan fingerprint density at radius 2 is 1.86 bits per heavy atom. The van der Waals surface area contributed by atoms with Crippen molar-refractivity contribution in [3.63, 3.8) is 0 Å². The summed E-state index contributed by atoms with van der Waals surface area (Å²) in [5.74, 6) is -0.101. The zero-order chi connectivity index (χ0) is 15.7. The lowest BCUT2D eigenvalue weighted by Gasteiger charge is -2.46. The first kappa shape index (κ1) is 15.4. The fourth-order valence-corrected chi connectivity index (χ4v) is 2.30. The Balaban J connectivity index is 1.99. The second-order valence-corrected chi connectivity index (χ2v) is 5.51. The summed E-state index contributed by atoms with van der Waals surface area (Å²) >= 11 is 0. The molecule has 1 fully saturated rings. The number of nitrogens with zero attached hydrogens (tertiary/aromatic N) is 1. The van der Waals surface area contributed by atoms with Crippen LogP contribution >= 0.6 is 0 Å². The van der Waals surface area contributed by atoms with Crippen LogP contribution in [0, 0.1) is 5.41 Å². The zero-order valence-corrected chi connectivity index (χ0v) is 11.7. The van der Waals surface area contributed by atoms with E-state index in [1.165, 1.54) is 18.2 Å². The SMILES string of the molecule is C=CC(=O)N1CC(C)(/C=C/c2ccc(C(F)(F)F)cc2)C1. The number of rotatable bonds is 3. The van der Waals surface area contributed by atoms with Crippen LogP contribution in [0.5, 0.6) is 0 Å². The molecule has 1 heterocycles. The molecule has 1 saturated heterocycles. The Morgan fingerprint density at radius 3 is 2.33 bits per heavy atom. The molecule has 0 bridgehead atoms. The highest BCUT2D eigenvalue weighted by Crippen LogP contribution is 2.33. The van der Waals surface area contributed by atoms with Crippen molar-refractivity contribution in [1.82, 2.24) is 4.90 Å². The molecule has 1 aromatic carbocycles. The summed E-state index contributed by atoms with van der Waals surface area (Å²) in [5.41, 5.74) is -0.0866. The van der Waals surface area contributed by atoms with Gasteiger partial charge < -0.3 is 4.90 Å². The van der Waals surface area contributed by atoms with Gasteiger partial charge in [0.05, 0.1) is 5.56 Å². The van der Waals surface area contributed by atoms with Gasteiger partial charge in [-0.3, -0.25) is 4.79 Å². The largest absolute Gasteiger partial charge is 0.416 e. The van der Waals surface area contributed by atoms with Gasteiger partial charge in [0.15, 0.2) is 0 Å². The quantitative estimate of drug-likeness (QED) is 0.778. The average Bonchev–Trinajstić information content (AvgIpc) is 2.41. The summed E-state index contributed by atoms with van der Waals surface area (Å²) in [7, 11) is 0. The molecular formula is C16H16F3NO. The minimum Gasteiger partial charge on any atom is -0.337 e. The van der Waals surface area contributed by atoms with E-state index in [2.05, 4.69) is 6.58 Å². The maximum Gasteiger partial charge on any atom is 0.416 e. The van der Waals surface area contributed by atoms with Crippen LogP contribution in [0.2, 0.25) is 0 Å². The van der Waals surface area contributed by atoms with Crippen molar-refractivity contribution >= 4 is 12.0 Å². The van der Waals surface area contributed by atoms with Gasteiger partial charge in [-0.25, -0.2) is 0 Å². The molecule has 2 rings (SSSR count). The molecule has 0 aromatic heterocycles. The van der Waals surface area contributed by atoms with Gasteiger partial charge in [-0.15, -0.1) is 0 Å². The number of hydrogen-bond acceptors (Lipinski definition) is 1. The molecule has 0 atom stereocenters. The normalized spacial score (nSPS) is 17.6. The number of likely N-dealkylation sites (tertiary alicyclic amines) is 1. The molecule has 0 unspecified atom stereocenters. The standard InChI is InChI=1S/C16H16F3NO/c1-3-14(21)20-10-15(2,11-20)9-8-12-4-6-13(7-5-12)16(17,18)19/h3-9H,1,10-11H2,2H3/b9-8+. The van der Waals surface area contributed by atoms with Crippen LogP contribution in [0.4, 0.5) is 13.2 Å². The van der Waals surface area contributed by atoms with Crippen molar-refractivity contribution < 1.29 is 18.0 Å². The van der Waals surface area contributed by atoms with E-state index < -0.39 is 11.7 Å². The van der Waals surface area contributed by atoms with E-state index in [4.69, 9.17) is 0 Å². The van der Waals surface area contributed by atoms with Crippen LogP contribution in [0.3, 0.4) is 0 Å². The fourth-order valence-electron chi connectivity index (χ4n) is 2.30. The van der Waals surface area contributed by atoms with E-state index in [1.807, 2.05) is 13.0 Å². The molecule has 1 aliphatic heterocycles. The van der Waals surface area contributed by atoms with Crippen molar-refractivity contribution in [3.05, 3.63) is 54.1 Å². The molecule has 0 N–H and O–H groups in total. The highest BCUT2D eigenvalue weighted by molar-refractivity contribution is 5.87. The molecule has 5 heteroatoms. The molecule has 0 aliphatic carbocycles. The molecule has 0 radical (unpaired) electrons. The first-order chi connectivity index (χ1) is 9.73. The summed E-state index contributed by atoms with van der Waals surface area (Å²) in [4.78, 5) is 13.0. The van der Waals surface area contributed by atoms with Gasteiger partial charge in [0.2, 0.25) is 5.91 Å². The predicted molar refractivity (Wildman–Crippen MR) is 75.4 cm³/mol. The number of benzene rings is 1. The monoisotopic (exact) mass is 295 g/mol. The second kappa shape index (κ2) is 5.39. The molecular weight excluding hydrogens is 279 g/mol. The minimum absolute atomic E-state index is 0.101. The molecule has 0 saturated carbocycles. The fraction of sp³-hybridized carbons (Fsp3) is 0.312. The van der Waals surface area contributed by atoms with Crippen molar-refractivity contribution in [2.45, 2.75) is 13.1 Å². The lowest BCUT2D eigenvalue weighted by Crippen LogP contribution is -2.55. The maximum atomic E-state index is 12.4. The number of amides is 1. The Labute approximate surface area is 121 Å². The van der Waals surface area contributed by atoms with E-state index in [-0.39, 0.29) is 11.3 Å². The Hall–Kier alpha value is -2.04. The summed E-state index contributed by atoms with van der Waals surface area (Å²) in [5, 5.41) is 0. The van der Waals surface area contributed by atoms with Gasteiger partial charge in [0.1, 0.15) is 0 Å².